The first kappa shape index (κ1) is 14.4. The topological polar surface area (TPSA) is 124 Å². The highest BCUT2D eigenvalue weighted by Gasteiger charge is 2.29. The highest BCUT2D eigenvalue weighted by atomic mass is 32.2. The van der Waals surface area contributed by atoms with Crippen LogP contribution in [-0.4, -0.2) is 28.2 Å². The number of nitrogens with one attached hydrogen (secondary N) is 1. The van der Waals surface area contributed by atoms with E-state index >= 15 is 0 Å². The predicted molar refractivity (Wildman–Crippen MR) is 72.4 cm³/mol. The lowest BCUT2D eigenvalue weighted by molar-refractivity contribution is 0.366. The Morgan fingerprint density at radius 1 is 1.30 bits per heavy atom. The number of nitrogens with two attached hydrogens (primary N) is 1. The zero-order chi connectivity index (χ0) is 15.1. The number of H-pyrrole nitrogens is 1. The summed E-state index contributed by atoms with van der Waals surface area (Å²) in [4.78, 5) is 13.9. The van der Waals surface area contributed by atoms with Crippen molar-refractivity contribution in [2.24, 2.45) is 5.14 Å². The van der Waals surface area contributed by atoms with E-state index in [-0.39, 0.29) is 16.5 Å². The molecule has 0 saturated carbocycles. The molecule has 0 aliphatic carbocycles. The van der Waals surface area contributed by atoms with E-state index in [1.807, 2.05) is 0 Å². The van der Waals surface area contributed by atoms with Gasteiger partial charge in [0.1, 0.15) is 0 Å². The van der Waals surface area contributed by atoms with Crippen LogP contribution in [0.4, 0.5) is 0 Å². The minimum absolute atomic E-state index is 0.271. The van der Waals surface area contributed by atoms with E-state index in [0.717, 1.165) is 0 Å². The third-order valence-electron chi connectivity index (χ3n) is 2.59. The Hall–Kier alpha value is -2.00. The van der Waals surface area contributed by atoms with Crippen molar-refractivity contribution in [2.75, 3.05) is 0 Å². The van der Waals surface area contributed by atoms with Gasteiger partial charge in [0.2, 0.25) is 5.56 Å². The standard InChI is InChI=1S/C11H15N5O3S/c1-11(2,3)16-9(7-4-5-13-8(17)6-7)14-15-10(16)20(12,18)19/h4-6H,1-3H3,(H,13,17)(H2,12,18,19). The van der Waals surface area contributed by atoms with Gasteiger partial charge in [-0.3, -0.25) is 9.36 Å². The van der Waals surface area contributed by atoms with E-state index in [0.29, 0.717) is 5.56 Å². The van der Waals surface area contributed by atoms with Crippen LogP contribution < -0.4 is 10.7 Å². The van der Waals surface area contributed by atoms with E-state index < -0.39 is 15.6 Å². The third-order valence-corrected chi connectivity index (χ3v) is 3.37. The summed E-state index contributed by atoms with van der Waals surface area (Å²) < 4.78 is 24.6. The van der Waals surface area contributed by atoms with Crippen molar-refractivity contribution in [2.45, 2.75) is 31.5 Å². The minimum atomic E-state index is -4.01. The van der Waals surface area contributed by atoms with Gasteiger partial charge in [0.15, 0.2) is 5.82 Å². The highest BCUT2D eigenvalue weighted by molar-refractivity contribution is 7.89. The molecular formula is C11H15N5O3S. The molecule has 2 rings (SSSR count). The van der Waals surface area contributed by atoms with Gasteiger partial charge >= 0.3 is 0 Å². The fourth-order valence-electron chi connectivity index (χ4n) is 1.83. The van der Waals surface area contributed by atoms with Gasteiger partial charge in [-0.25, -0.2) is 13.6 Å². The van der Waals surface area contributed by atoms with Crippen LogP contribution in [0, 0.1) is 0 Å². The molecule has 2 aromatic heterocycles. The zero-order valence-corrected chi connectivity index (χ0v) is 12.1. The Bertz CT molecular complexity index is 798. The molecule has 0 atom stereocenters. The third kappa shape index (κ3) is 2.63. The largest absolute Gasteiger partial charge is 0.329 e. The Kier molecular flexibility index (Phi) is 3.26. The lowest BCUT2D eigenvalue weighted by Gasteiger charge is -2.24. The van der Waals surface area contributed by atoms with Gasteiger partial charge in [-0.15, -0.1) is 10.2 Å². The molecule has 108 valence electrons. The van der Waals surface area contributed by atoms with Crippen LogP contribution in [-0.2, 0) is 15.6 Å². The van der Waals surface area contributed by atoms with E-state index in [9.17, 15) is 13.2 Å². The predicted octanol–water partition coefficient (Wildman–Crippen LogP) is 0.0358. The summed E-state index contributed by atoms with van der Waals surface area (Å²) in [5.41, 5.74) is -0.474. The Labute approximate surface area is 115 Å². The number of hydrogen-bond donors (Lipinski definition) is 2. The summed E-state index contributed by atoms with van der Waals surface area (Å²) in [5.74, 6) is 0.271. The number of aromatic amines is 1. The maximum absolute atomic E-state index is 11.6. The van der Waals surface area contributed by atoms with Crippen LogP contribution >= 0.6 is 0 Å². The van der Waals surface area contributed by atoms with Crippen LogP contribution in [0.25, 0.3) is 11.4 Å². The van der Waals surface area contributed by atoms with Gasteiger partial charge in [-0.2, -0.15) is 0 Å². The number of pyridine rings is 1. The van der Waals surface area contributed by atoms with Gasteiger partial charge in [0.25, 0.3) is 15.2 Å². The highest BCUT2D eigenvalue weighted by Crippen LogP contribution is 2.26. The lowest BCUT2D eigenvalue weighted by Crippen LogP contribution is -2.29. The molecule has 0 aliphatic heterocycles. The fraction of sp³-hybridized carbons (Fsp3) is 0.364. The molecule has 0 aromatic carbocycles. The second kappa shape index (κ2) is 4.53. The molecule has 0 saturated heterocycles. The van der Waals surface area contributed by atoms with E-state index in [2.05, 4.69) is 15.2 Å². The SMILES string of the molecule is CC(C)(C)n1c(-c2cc[nH]c(=O)c2)nnc1S(N)(=O)=O. The molecule has 8 nitrogen and oxygen atoms in total. The number of primary sulfonamides is 1. The molecule has 0 aliphatic rings. The minimum Gasteiger partial charge on any atom is -0.329 e. The molecule has 2 heterocycles. The number of rotatable bonds is 2. The molecule has 3 N–H and O–H groups in total. The molecule has 2 aromatic rings. The normalized spacial score (nSPS) is 12.6. The maximum atomic E-state index is 11.6. The smallest absolute Gasteiger partial charge is 0.273 e. The van der Waals surface area contributed by atoms with Crippen LogP contribution in [0.15, 0.2) is 28.3 Å². The monoisotopic (exact) mass is 297 g/mol. The van der Waals surface area contributed by atoms with Crippen molar-refractivity contribution >= 4 is 10.0 Å². The van der Waals surface area contributed by atoms with Crippen LogP contribution in [0.3, 0.4) is 0 Å². The van der Waals surface area contributed by atoms with E-state index in [4.69, 9.17) is 5.14 Å². The summed E-state index contributed by atoms with van der Waals surface area (Å²) >= 11 is 0. The molecular weight excluding hydrogens is 282 g/mol. The Morgan fingerprint density at radius 3 is 2.45 bits per heavy atom. The van der Waals surface area contributed by atoms with Crippen molar-refractivity contribution in [1.82, 2.24) is 19.7 Å². The van der Waals surface area contributed by atoms with Crippen molar-refractivity contribution in [3.63, 3.8) is 0 Å². The quantitative estimate of drug-likeness (QED) is 0.809. The van der Waals surface area contributed by atoms with Gasteiger partial charge in [-0.05, 0) is 26.8 Å². The Morgan fingerprint density at radius 2 is 1.95 bits per heavy atom. The van der Waals surface area contributed by atoms with Gasteiger partial charge in [0.05, 0.1) is 0 Å². The molecule has 0 spiro atoms. The van der Waals surface area contributed by atoms with Crippen molar-refractivity contribution in [1.29, 1.82) is 0 Å². The Balaban J connectivity index is 2.80. The molecule has 0 radical (unpaired) electrons. The summed E-state index contributed by atoms with van der Waals surface area (Å²) in [6.45, 7) is 5.38. The molecule has 0 unspecified atom stereocenters. The first-order valence-electron chi connectivity index (χ1n) is 5.78. The molecule has 0 amide bonds. The number of nitrogens with zero attached hydrogens (tertiary/aromatic N) is 3. The lowest BCUT2D eigenvalue weighted by atomic mass is 10.1. The van der Waals surface area contributed by atoms with E-state index in [1.165, 1.54) is 16.8 Å². The average molecular weight is 297 g/mol. The average Bonchev–Trinajstić information content (AvgIpc) is 2.72. The first-order valence-corrected chi connectivity index (χ1v) is 7.33. The summed E-state index contributed by atoms with van der Waals surface area (Å²) in [5, 5.41) is 12.3. The van der Waals surface area contributed by atoms with Crippen LogP contribution in [0.2, 0.25) is 0 Å². The second-order valence-electron chi connectivity index (χ2n) is 5.30. The number of aromatic nitrogens is 4. The van der Waals surface area contributed by atoms with Crippen molar-refractivity contribution in [3.8, 4) is 11.4 Å². The van der Waals surface area contributed by atoms with Gasteiger partial charge < -0.3 is 4.98 Å². The first-order chi connectivity index (χ1) is 9.10. The molecule has 0 fully saturated rings. The van der Waals surface area contributed by atoms with Crippen LogP contribution in [0.1, 0.15) is 20.8 Å². The fourth-order valence-corrected chi connectivity index (χ4v) is 2.60. The second-order valence-corrected chi connectivity index (χ2v) is 6.75. The summed E-state index contributed by atoms with van der Waals surface area (Å²) in [7, 11) is -4.01. The summed E-state index contributed by atoms with van der Waals surface area (Å²) in [6, 6.07) is 2.93. The molecule has 9 heteroatoms. The summed E-state index contributed by atoms with van der Waals surface area (Å²) in [6.07, 6.45) is 1.45. The molecule has 0 bridgehead atoms. The van der Waals surface area contributed by atoms with Gasteiger partial charge in [-0.1, -0.05) is 0 Å². The molecule has 20 heavy (non-hydrogen) atoms. The van der Waals surface area contributed by atoms with Gasteiger partial charge in [0, 0.05) is 23.4 Å². The number of hydrogen-bond acceptors (Lipinski definition) is 5. The van der Waals surface area contributed by atoms with Crippen molar-refractivity contribution in [3.05, 3.63) is 28.7 Å². The van der Waals surface area contributed by atoms with E-state index in [1.54, 1.807) is 26.8 Å². The van der Waals surface area contributed by atoms with Crippen LogP contribution in [0.5, 0.6) is 0 Å². The number of sulfonamides is 1. The maximum Gasteiger partial charge on any atom is 0.273 e. The van der Waals surface area contributed by atoms with Crippen molar-refractivity contribution < 1.29 is 8.42 Å². The zero-order valence-electron chi connectivity index (χ0n) is 11.3.